The van der Waals surface area contributed by atoms with Crippen LogP contribution in [-0.4, -0.2) is 0 Å². The van der Waals surface area contributed by atoms with Crippen LogP contribution in [0.15, 0.2) is 0 Å². The van der Waals surface area contributed by atoms with E-state index in [1.807, 2.05) is 0 Å². The fourth-order valence-corrected chi connectivity index (χ4v) is 0. The van der Waals surface area contributed by atoms with E-state index in [0.29, 0.717) is 0 Å². The fraction of sp³-hybridized carbons (Fsp3) is 0. The van der Waals surface area contributed by atoms with Gasteiger partial charge in [-0.3, -0.25) is 0 Å². The molecule has 0 spiro atoms. The summed E-state index contributed by atoms with van der Waals surface area (Å²) in [6, 6.07) is 0. The fourth-order valence-electron chi connectivity index (χ4n) is 0. The third kappa shape index (κ3) is 43.0. The third-order valence-electron chi connectivity index (χ3n) is 0. The molecule has 0 aliphatic rings. The van der Waals surface area contributed by atoms with E-state index < -0.39 is 0 Å². The monoisotopic (exact) mass is 616 g/mol. The van der Waals surface area contributed by atoms with Gasteiger partial charge in [-0.15, -0.1) is 0 Å². The van der Waals surface area contributed by atoms with Gasteiger partial charge >= 0.3 is 44.8 Å². The van der Waals surface area contributed by atoms with Gasteiger partial charge in [-0.05, 0) is 0 Å². The zero-order chi connectivity index (χ0) is 0. The van der Waals surface area contributed by atoms with Crippen LogP contribution < -0.4 is 0 Å². The maximum atomic E-state index is 0. The van der Waals surface area contributed by atoms with Crippen LogP contribution in [0.2, 0.25) is 0 Å². The molecule has 0 fully saturated rings. The molecule has 0 aromatic rings. The Hall–Kier alpha value is 3.57. The van der Waals surface area contributed by atoms with Crippen LogP contribution in [0, 0.1) is 0 Å². The normalized spacial score (nSPS) is 0. The Morgan fingerprint density at radius 3 is 0.429 bits per heavy atom. The van der Waals surface area contributed by atoms with Gasteiger partial charge in [0.1, 0.15) is 0 Å². The van der Waals surface area contributed by atoms with Gasteiger partial charge in [-0.2, -0.15) is 0 Å². The molecule has 0 nitrogen and oxygen atoms in total. The molecule has 0 N–H and O–H groups in total. The van der Waals surface area contributed by atoms with E-state index in [2.05, 4.69) is 0 Å². The smallest absolute Gasteiger partial charge is 2.00 e. The second kappa shape index (κ2) is 55.2. The van der Waals surface area contributed by atoms with Gasteiger partial charge in [-0.25, -0.2) is 0 Å². The van der Waals surface area contributed by atoms with Crippen molar-refractivity contribution in [3.63, 3.8) is 0 Å². The summed E-state index contributed by atoms with van der Waals surface area (Å²) in [5.74, 6) is 0. The minimum atomic E-state index is 0. The first-order valence-corrected chi connectivity index (χ1v) is 0. The third-order valence-corrected chi connectivity index (χ3v) is 0. The zero-order valence-electron chi connectivity index (χ0n) is 2.43. The van der Waals surface area contributed by atoms with Crippen LogP contribution in [0.25, 0.3) is 0 Å². The average molecular weight is 617 g/mol. The predicted octanol–water partition coefficient (Wildman–Crippen LogP) is -0.0172. The molecule has 0 rings (SSSR count). The average Bonchev–Trinajstić information content (AvgIpc) is 0. The summed E-state index contributed by atoms with van der Waals surface area (Å²) in [6.07, 6.45) is 0. The quantitative estimate of drug-likeness (QED) is 0.336. The van der Waals surface area contributed by atoms with Gasteiger partial charge in [0.05, 0.1) is 0 Å². The first-order chi connectivity index (χ1) is 0. The van der Waals surface area contributed by atoms with E-state index in [-0.39, 0.29) is 119 Å². The first-order valence-electron chi connectivity index (χ1n) is 0. The molecule has 2 radical (unpaired) electrons. The van der Waals surface area contributed by atoms with Crippen LogP contribution in [0.3, 0.4) is 0 Å². The van der Waals surface area contributed by atoms with Crippen molar-refractivity contribution in [1.29, 1.82) is 0 Å². The van der Waals surface area contributed by atoms with Gasteiger partial charge in [0, 0.05) is 34.1 Å². The van der Waals surface area contributed by atoms with Crippen molar-refractivity contribution in [3.05, 3.63) is 0 Å². The topological polar surface area (TPSA) is 0 Å². The van der Waals surface area contributed by atoms with Crippen LogP contribution in [0.5, 0.6) is 0 Å². The maximum absolute atomic E-state index is 0. The van der Waals surface area contributed by atoms with Crippen molar-refractivity contribution in [3.8, 4) is 0 Å². The molecule has 0 aliphatic carbocycles. The van der Waals surface area contributed by atoms with Crippen molar-refractivity contribution in [2.24, 2.45) is 0 Å². The van der Waals surface area contributed by atoms with Gasteiger partial charge in [0.25, 0.3) is 0 Å². The Morgan fingerprint density at radius 1 is 0.429 bits per heavy atom. The molecule has 0 atom stereocenters. The molecule has 0 saturated heterocycles. The predicted molar refractivity (Wildman–Crippen MR) is 22.1 cm³/mol. The van der Waals surface area contributed by atoms with Crippen LogP contribution in [0.4, 0.5) is 0 Å². The second-order valence-corrected chi connectivity index (χ2v) is 0. The largest absolute Gasteiger partial charge is 3.00 e. The van der Waals surface area contributed by atoms with Crippen molar-refractivity contribution >= 4 is 40.5 Å². The molecule has 0 amide bonds. The summed E-state index contributed by atoms with van der Waals surface area (Å²) >= 11 is 0. The van der Waals surface area contributed by atoms with Crippen LogP contribution in [-0.2, 0) is 119 Å². The second-order valence-electron chi connectivity index (χ2n) is 0. The molecule has 62 valence electrons. The van der Waals surface area contributed by atoms with Crippen LogP contribution in [0.1, 0.15) is 0 Å². The van der Waals surface area contributed by atoms with Crippen molar-refractivity contribution in [2.75, 3.05) is 0 Å². The molecule has 7 heteroatoms. The van der Waals surface area contributed by atoms with Crippen molar-refractivity contribution in [1.82, 2.24) is 0 Å². The molecule has 0 unspecified atom stereocenters. The Labute approximate surface area is 117 Å². The Bertz CT molecular complexity index is 10.9. The molecule has 7 heavy (non-hydrogen) atoms. The van der Waals surface area contributed by atoms with Crippen molar-refractivity contribution < 1.29 is 78.9 Å². The van der Waals surface area contributed by atoms with Crippen molar-refractivity contribution in [2.45, 2.75) is 0 Å². The maximum Gasteiger partial charge on any atom is 3.00 e. The summed E-state index contributed by atoms with van der Waals surface area (Å²) in [6.45, 7) is 0. The summed E-state index contributed by atoms with van der Waals surface area (Å²) in [5, 5.41) is 0. The summed E-state index contributed by atoms with van der Waals surface area (Å²) < 4.78 is 0. The van der Waals surface area contributed by atoms with Gasteiger partial charge in [-0.1, -0.05) is 0 Å². The van der Waals surface area contributed by atoms with E-state index in [1.165, 1.54) is 0 Å². The molecule has 0 heterocycles. The van der Waals surface area contributed by atoms with E-state index in [4.69, 9.17) is 0 Å². The molecule has 0 aromatic carbocycles. The summed E-state index contributed by atoms with van der Waals surface area (Å²) in [4.78, 5) is 0. The Kier molecular flexibility index (Phi) is 599. The van der Waals surface area contributed by atoms with E-state index in [9.17, 15) is 0 Å². The number of hydrogen-bond donors (Lipinski definition) is 0. The molecular weight excluding hydrogens is 617 g/mol. The number of hydrogen-bond acceptors (Lipinski definition) is 0. The summed E-state index contributed by atoms with van der Waals surface area (Å²) in [7, 11) is 0. The minimum absolute atomic E-state index is 0. The molecule has 0 bridgehead atoms. The Balaban J connectivity index is 0. The van der Waals surface area contributed by atoms with Gasteiger partial charge in [0.2, 0.25) is 0 Å². The van der Waals surface area contributed by atoms with E-state index >= 15 is 0 Å². The number of rotatable bonds is 0. The van der Waals surface area contributed by atoms with Crippen LogP contribution >= 0.6 is 0 Å². The summed E-state index contributed by atoms with van der Waals surface area (Å²) in [5.41, 5.74) is 0. The van der Waals surface area contributed by atoms with E-state index in [1.54, 1.807) is 0 Å². The standard InChI is InChI=1S/2Au.2Cu.3S/q2*+3;;;3*-2. The van der Waals surface area contributed by atoms with E-state index in [0.717, 1.165) is 0 Å². The molecule has 0 aliphatic heterocycles. The van der Waals surface area contributed by atoms with Gasteiger partial charge < -0.3 is 40.5 Å². The molecule has 0 saturated carbocycles. The first kappa shape index (κ1) is 76.0. The Morgan fingerprint density at radius 2 is 0.429 bits per heavy atom. The zero-order valence-corrected chi connectivity index (χ0v) is 11.1. The molecular formula is Au2Cu2S3. The molecule has 0 aromatic heterocycles. The minimum Gasteiger partial charge on any atom is -2.00 e. The SMILES string of the molecule is [Au+3].[Au+3].[Cu].[Cu].[S-2].[S-2].[S-2]. The van der Waals surface area contributed by atoms with Gasteiger partial charge in [0.15, 0.2) is 0 Å².